The summed E-state index contributed by atoms with van der Waals surface area (Å²) in [5, 5.41) is 12.5. The second kappa shape index (κ2) is 9.96. The molecule has 0 bridgehead atoms. The van der Waals surface area contributed by atoms with Crippen LogP contribution in [0.3, 0.4) is 0 Å². The fourth-order valence-corrected chi connectivity index (χ4v) is 3.51. The minimum absolute atomic E-state index is 0.0183. The first-order valence-corrected chi connectivity index (χ1v) is 10.1. The van der Waals surface area contributed by atoms with Crippen molar-refractivity contribution in [1.82, 2.24) is 10.2 Å². The Morgan fingerprint density at radius 3 is 2.52 bits per heavy atom. The van der Waals surface area contributed by atoms with Crippen LogP contribution in [0.25, 0.3) is 0 Å². The summed E-state index contributed by atoms with van der Waals surface area (Å²) in [4.78, 5) is 26.5. The van der Waals surface area contributed by atoms with Crippen LogP contribution < -0.4 is 10.1 Å². The predicted octanol–water partition coefficient (Wildman–Crippen LogP) is 3.14. The molecule has 6 heteroatoms. The van der Waals surface area contributed by atoms with Crippen molar-refractivity contribution < 1.29 is 19.4 Å². The summed E-state index contributed by atoms with van der Waals surface area (Å²) in [6, 6.07) is 14.2. The average molecular weight is 396 g/mol. The van der Waals surface area contributed by atoms with Crippen molar-refractivity contribution in [2.75, 3.05) is 19.7 Å². The number of likely N-dealkylation sites (tertiary alicyclic amines) is 1. The molecule has 2 aromatic rings. The number of nitrogens with one attached hydrogen (secondary N) is 1. The number of carbonyl (C=O) groups excluding carboxylic acids is 2. The van der Waals surface area contributed by atoms with Crippen LogP contribution in [-0.4, -0.2) is 47.6 Å². The van der Waals surface area contributed by atoms with Crippen LogP contribution in [0.1, 0.15) is 42.1 Å². The molecule has 1 aliphatic rings. The van der Waals surface area contributed by atoms with Crippen molar-refractivity contribution in [2.45, 2.75) is 38.6 Å². The number of aryl methyl sites for hydroxylation is 1. The first-order chi connectivity index (χ1) is 14.0. The predicted molar refractivity (Wildman–Crippen MR) is 111 cm³/mol. The van der Waals surface area contributed by atoms with Crippen molar-refractivity contribution in [3.05, 3.63) is 59.7 Å². The first kappa shape index (κ1) is 20.7. The third-order valence-corrected chi connectivity index (χ3v) is 5.07. The Kier molecular flexibility index (Phi) is 7.11. The van der Waals surface area contributed by atoms with Crippen LogP contribution in [0.4, 0.5) is 0 Å². The molecule has 2 amide bonds. The fraction of sp³-hybridized carbons (Fsp3) is 0.391. The van der Waals surface area contributed by atoms with Crippen molar-refractivity contribution in [3.8, 4) is 11.5 Å². The number of piperidine rings is 1. The summed E-state index contributed by atoms with van der Waals surface area (Å²) in [7, 11) is 0. The van der Waals surface area contributed by atoms with Crippen molar-refractivity contribution in [1.29, 1.82) is 0 Å². The number of nitrogens with zero attached hydrogens (tertiary/aromatic N) is 1. The quantitative estimate of drug-likeness (QED) is 0.754. The van der Waals surface area contributed by atoms with Gasteiger partial charge in [0, 0.05) is 24.7 Å². The zero-order chi connectivity index (χ0) is 20.6. The highest BCUT2D eigenvalue weighted by molar-refractivity contribution is 5.94. The van der Waals surface area contributed by atoms with Crippen LogP contribution >= 0.6 is 0 Å². The van der Waals surface area contributed by atoms with E-state index < -0.39 is 0 Å². The van der Waals surface area contributed by atoms with E-state index in [1.165, 1.54) is 11.6 Å². The van der Waals surface area contributed by atoms with E-state index >= 15 is 0 Å². The maximum absolute atomic E-state index is 12.5. The van der Waals surface area contributed by atoms with Crippen molar-refractivity contribution in [3.63, 3.8) is 0 Å². The monoisotopic (exact) mass is 396 g/mol. The Morgan fingerprint density at radius 2 is 1.86 bits per heavy atom. The Bertz CT molecular complexity index is 827. The Morgan fingerprint density at radius 1 is 1.14 bits per heavy atom. The van der Waals surface area contributed by atoms with E-state index in [1.54, 1.807) is 23.1 Å². The molecule has 0 radical (unpaired) electrons. The smallest absolute Gasteiger partial charge is 0.258 e. The molecule has 29 heavy (non-hydrogen) atoms. The number of hydrogen-bond acceptors (Lipinski definition) is 4. The molecule has 0 saturated carbocycles. The van der Waals surface area contributed by atoms with E-state index in [0.717, 1.165) is 12.8 Å². The number of benzene rings is 2. The highest BCUT2D eigenvalue weighted by Crippen LogP contribution is 2.17. The van der Waals surface area contributed by atoms with Gasteiger partial charge in [0.1, 0.15) is 11.5 Å². The number of amides is 2. The summed E-state index contributed by atoms with van der Waals surface area (Å²) in [6.45, 7) is 3.26. The largest absolute Gasteiger partial charge is 0.508 e. The van der Waals surface area contributed by atoms with Crippen LogP contribution in [-0.2, 0) is 11.2 Å². The Balaban J connectivity index is 1.40. The molecule has 2 N–H and O–H groups in total. The van der Waals surface area contributed by atoms with Crippen LogP contribution in [0, 0.1) is 0 Å². The van der Waals surface area contributed by atoms with E-state index in [0.29, 0.717) is 37.2 Å². The molecule has 2 aromatic carbocycles. The van der Waals surface area contributed by atoms with Gasteiger partial charge in [-0.1, -0.05) is 31.5 Å². The molecule has 1 heterocycles. The maximum Gasteiger partial charge on any atom is 0.258 e. The molecule has 3 rings (SSSR count). The lowest BCUT2D eigenvalue weighted by atomic mass is 10.0. The van der Waals surface area contributed by atoms with Gasteiger partial charge < -0.3 is 20.1 Å². The zero-order valence-corrected chi connectivity index (χ0v) is 16.8. The molecular formula is C23H28N2O4. The van der Waals surface area contributed by atoms with Crippen LogP contribution in [0.15, 0.2) is 48.5 Å². The lowest BCUT2D eigenvalue weighted by Crippen LogP contribution is -2.47. The molecule has 1 saturated heterocycles. The van der Waals surface area contributed by atoms with Gasteiger partial charge in [-0.2, -0.15) is 0 Å². The van der Waals surface area contributed by atoms with E-state index in [4.69, 9.17) is 4.74 Å². The molecule has 154 valence electrons. The van der Waals surface area contributed by atoms with Crippen molar-refractivity contribution in [2.24, 2.45) is 0 Å². The number of hydrogen-bond donors (Lipinski definition) is 2. The number of rotatable bonds is 7. The average Bonchev–Trinajstić information content (AvgIpc) is 2.73. The van der Waals surface area contributed by atoms with Crippen molar-refractivity contribution >= 4 is 11.8 Å². The minimum atomic E-state index is -0.152. The highest BCUT2D eigenvalue weighted by Gasteiger charge is 2.24. The van der Waals surface area contributed by atoms with Gasteiger partial charge in [0.05, 0.1) is 0 Å². The van der Waals surface area contributed by atoms with E-state index in [1.807, 2.05) is 24.3 Å². The molecule has 0 aliphatic carbocycles. The lowest BCUT2D eigenvalue weighted by Gasteiger charge is -2.32. The zero-order valence-electron chi connectivity index (χ0n) is 16.8. The molecule has 0 aromatic heterocycles. The fourth-order valence-electron chi connectivity index (χ4n) is 3.51. The van der Waals surface area contributed by atoms with Gasteiger partial charge in [-0.3, -0.25) is 9.59 Å². The number of ether oxygens (including phenoxy) is 1. The van der Waals surface area contributed by atoms with E-state index in [2.05, 4.69) is 12.2 Å². The third kappa shape index (κ3) is 5.98. The molecule has 0 spiro atoms. The van der Waals surface area contributed by atoms with Gasteiger partial charge in [0.2, 0.25) is 0 Å². The van der Waals surface area contributed by atoms with Gasteiger partial charge in [0.15, 0.2) is 6.61 Å². The van der Waals surface area contributed by atoms with E-state index in [9.17, 15) is 14.7 Å². The standard InChI is InChI=1S/C23H28N2O4/c1-2-4-17-7-9-21(10-8-17)29-16-22(27)24-19-11-13-25(14-12-19)23(28)18-5-3-6-20(26)15-18/h3,5-10,15,19,26H,2,4,11-14,16H2,1H3,(H,24,27). The van der Waals surface area contributed by atoms with Gasteiger partial charge in [-0.25, -0.2) is 0 Å². The van der Waals surface area contributed by atoms with Gasteiger partial charge in [0.25, 0.3) is 11.8 Å². The first-order valence-electron chi connectivity index (χ1n) is 10.1. The number of phenols is 1. The summed E-state index contributed by atoms with van der Waals surface area (Å²) in [5.41, 5.74) is 1.74. The Hall–Kier alpha value is -3.02. The van der Waals surface area contributed by atoms with Gasteiger partial charge in [-0.15, -0.1) is 0 Å². The van der Waals surface area contributed by atoms with Crippen LogP contribution in [0.5, 0.6) is 11.5 Å². The Labute approximate surface area is 171 Å². The summed E-state index contributed by atoms with van der Waals surface area (Å²) in [5.74, 6) is 0.519. The van der Waals surface area contributed by atoms with Gasteiger partial charge >= 0.3 is 0 Å². The second-order valence-corrected chi connectivity index (χ2v) is 7.37. The maximum atomic E-state index is 12.5. The molecule has 1 aliphatic heterocycles. The number of carbonyl (C=O) groups is 2. The number of phenolic OH excluding ortho intramolecular Hbond substituents is 1. The normalized spacial score (nSPS) is 14.4. The summed E-state index contributed by atoms with van der Waals surface area (Å²) in [6.07, 6.45) is 3.53. The molecular weight excluding hydrogens is 368 g/mol. The molecule has 0 atom stereocenters. The summed E-state index contributed by atoms with van der Waals surface area (Å²) >= 11 is 0. The highest BCUT2D eigenvalue weighted by atomic mass is 16.5. The second-order valence-electron chi connectivity index (χ2n) is 7.37. The van der Waals surface area contributed by atoms with Gasteiger partial charge in [-0.05, 0) is 55.2 Å². The van der Waals surface area contributed by atoms with Crippen LogP contribution in [0.2, 0.25) is 0 Å². The lowest BCUT2D eigenvalue weighted by molar-refractivity contribution is -0.124. The topological polar surface area (TPSA) is 78.9 Å². The molecule has 0 unspecified atom stereocenters. The molecule has 1 fully saturated rings. The SMILES string of the molecule is CCCc1ccc(OCC(=O)NC2CCN(C(=O)c3cccc(O)c3)CC2)cc1. The molecule has 6 nitrogen and oxygen atoms in total. The summed E-state index contributed by atoms with van der Waals surface area (Å²) < 4.78 is 5.57. The van der Waals surface area contributed by atoms with E-state index in [-0.39, 0.29) is 30.2 Å². The third-order valence-electron chi connectivity index (χ3n) is 5.07. The number of aromatic hydroxyl groups is 1. The minimum Gasteiger partial charge on any atom is -0.508 e.